The third-order valence-electron chi connectivity index (χ3n) is 5.04. The van der Waals surface area contributed by atoms with Crippen LogP contribution in [-0.2, 0) is 6.54 Å². The zero-order valence-electron chi connectivity index (χ0n) is 14.4. The summed E-state index contributed by atoms with van der Waals surface area (Å²) in [5, 5.41) is 3.38. The molecule has 0 unspecified atom stereocenters. The maximum Gasteiger partial charge on any atom is 0.273 e. The van der Waals surface area contributed by atoms with Gasteiger partial charge in [-0.05, 0) is 50.4 Å². The van der Waals surface area contributed by atoms with Crippen LogP contribution >= 0.6 is 0 Å². The number of carbonyl (C=O) groups is 1. The fourth-order valence-corrected chi connectivity index (χ4v) is 3.44. The van der Waals surface area contributed by atoms with Gasteiger partial charge in [0.25, 0.3) is 5.91 Å². The standard InChI is InChI=1S/C20H24N4O/c25-20(18-10-13-22-19(23-18)16-6-7-16)24(17-8-11-21-12-9-17)14-15-4-2-1-3-5-15/h1-5,10,13,16-17,21H,6-9,11-12,14H2. The highest BCUT2D eigenvalue weighted by molar-refractivity contribution is 5.92. The molecule has 1 saturated carbocycles. The van der Waals surface area contributed by atoms with Gasteiger partial charge in [-0.1, -0.05) is 30.3 Å². The highest BCUT2D eigenvalue weighted by Gasteiger charge is 2.30. The van der Waals surface area contributed by atoms with E-state index in [4.69, 9.17) is 0 Å². The molecule has 0 bridgehead atoms. The summed E-state index contributed by atoms with van der Waals surface area (Å²) in [6.07, 6.45) is 5.98. The maximum atomic E-state index is 13.3. The normalized spacial score (nSPS) is 18.1. The van der Waals surface area contributed by atoms with Crippen LogP contribution in [0.15, 0.2) is 42.6 Å². The zero-order chi connectivity index (χ0) is 17.1. The molecule has 1 aliphatic carbocycles. The van der Waals surface area contributed by atoms with Crippen molar-refractivity contribution in [2.75, 3.05) is 13.1 Å². The van der Waals surface area contributed by atoms with Gasteiger partial charge in [0.05, 0.1) is 0 Å². The summed E-state index contributed by atoms with van der Waals surface area (Å²) in [6, 6.07) is 12.2. The number of nitrogens with zero attached hydrogens (tertiary/aromatic N) is 3. The molecule has 1 aromatic heterocycles. The molecule has 2 heterocycles. The van der Waals surface area contributed by atoms with Crippen molar-refractivity contribution in [1.82, 2.24) is 20.2 Å². The molecule has 0 atom stereocenters. The molecule has 2 fully saturated rings. The molecule has 1 aromatic carbocycles. The first-order chi connectivity index (χ1) is 12.3. The van der Waals surface area contributed by atoms with Gasteiger partial charge in [-0.2, -0.15) is 0 Å². The SMILES string of the molecule is O=C(c1ccnc(C2CC2)n1)N(Cc1ccccc1)C1CCNCC1. The van der Waals surface area contributed by atoms with Crippen molar-refractivity contribution in [2.45, 2.75) is 44.2 Å². The summed E-state index contributed by atoms with van der Waals surface area (Å²) in [7, 11) is 0. The van der Waals surface area contributed by atoms with Crippen molar-refractivity contribution < 1.29 is 4.79 Å². The molecule has 5 heteroatoms. The lowest BCUT2D eigenvalue weighted by Gasteiger charge is -2.34. The van der Waals surface area contributed by atoms with Gasteiger partial charge < -0.3 is 10.2 Å². The van der Waals surface area contributed by atoms with Crippen LogP contribution in [0, 0.1) is 0 Å². The third kappa shape index (κ3) is 3.87. The number of carbonyl (C=O) groups excluding carboxylic acids is 1. The van der Waals surface area contributed by atoms with Crippen molar-refractivity contribution >= 4 is 5.91 Å². The summed E-state index contributed by atoms with van der Waals surface area (Å²) in [5.74, 6) is 1.31. The van der Waals surface area contributed by atoms with Crippen LogP contribution in [0.1, 0.15) is 53.5 Å². The van der Waals surface area contributed by atoms with E-state index >= 15 is 0 Å². The zero-order valence-corrected chi connectivity index (χ0v) is 14.4. The minimum atomic E-state index is 0.0278. The molecule has 1 aliphatic heterocycles. The number of hydrogen-bond acceptors (Lipinski definition) is 4. The van der Waals surface area contributed by atoms with Gasteiger partial charge in [0.2, 0.25) is 0 Å². The molecule has 1 saturated heterocycles. The topological polar surface area (TPSA) is 58.1 Å². The number of benzene rings is 1. The van der Waals surface area contributed by atoms with Crippen molar-refractivity contribution in [3.8, 4) is 0 Å². The molecule has 5 nitrogen and oxygen atoms in total. The van der Waals surface area contributed by atoms with Crippen LogP contribution in [0.2, 0.25) is 0 Å². The average Bonchev–Trinajstić information content (AvgIpc) is 3.53. The predicted octanol–water partition coefficient (Wildman–Crippen LogP) is 2.75. The van der Waals surface area contributed by atoms with Gasteiger partial charge in [0.1, 0.15) is 11.5 Å². The van der Waals surface area contributed by atoms with E-state index in [9.17, 15) is 4.79 Å². The van der Waals surface area contributed by atoms with Crippen LogP contribution in [0.25, 0.3) is 0 Å². The first-order valence-corrected chi connectivity index (χ1v) is 9.20. The van der Waals surface area contributed by atoms with Gasteiger partial charge in [-0.15, -0.1) is 0 Å². The van der Waals surface area contributed by atoms with Crippen molar-refractivity contribution in [3.63, 3.8) is 0 Å². The number of rotatable bonds is 5. The molecule has 0 spiro atoms. The molecular weight excluding hydrogens is 312 g/mol. The summed E-state index contributed by atoms with van der Waals surface area (Å²) < 4.78 is 0. The molecular formula is C20H24N4O. The number of piperidine rings is 1. The van der Waals surface area contributed by atoms with Crippen molar-refractivity contribution in [3.05, 3.63) is 59.7 Å². The Labute approximate surface area is 148 Å². The Morgan fingerprint density at radius 1 is 1.08 bits per heavy atom. The molecule has 25 heavy (non-hydrogen) atoms. The van der Waals surface area contributed by atoms with Crippen LogP contribution in [0.5, 0.6) is 0 Å². The number of aromatic nitrogens is 2. The average molecular weight is 336 g/mol. The van der Waals surface area contributed by atoms with Gasteiger partial charge >= 0.3 is 0 Å². The minimum absolute atomic E-state index is 0.0278. The lowest BCUT2D eigenvalue weighted by atomic mass is 10.0. The van der Waals surface area contributed by atoms with E-state index in [1.54, 1.807) is 12.3 Å². The predicted molar refractivity (Wildman–Crippen MR) is 96.2 cm³/mol. The lowest BCUT2D eigenvalue weighted by Crippen LogP contribution is -2.46. The first-order valence-electron chi connectivity index (χ1n) is 9.20. The lowest BCUT2D eigenvalue weighted by molar-refractivity contribution is 0.0616. The fourth-order valence-electron chi connectivity index (χ4n) is 3.44. The minimum Gasteiger partial charge on any atom is -0.330 e. The van der Waals surface area contributed by atoms with E-state index in [-0.39, 0.29) is 11.9 Å². The monoisotopic (exact) mass is 336 g/mol. The summed E-state index contributed by atoms with van der Waals surface area (Å²) >= 11 is 0. The van der Waals surface area contributed by atoms with E-state index < -0.39 is 0 Å². The van der Waals surface area contributed by atoms with E-state index in [1.807, 2.05) is 23.1 Å². The van der Waals surface area contributed by atoms with Crippen LogP contribution < -0.4 is 5.32 Å². The molecule has 1 amide bonds. The van der Waals surface area contributed by atoms with Gasteiger partial charge in [-0.25, -0.2) is 9.97 Å². The Hall–Kier alpha value is -2.27. The van der Waals surface area contributed by atoms with Gasteiger partial charge in [-0.3, -0.25) is 4.79 Å². The third-order valence-corrected chi connectivity index (χ3v) is 5.04. The van der Waals surface area contributed by atoms with E-state index in [1.165, 1.54) is 0 Å². The Morgan fingerprint density at radius 2 is 1.84 bits per heavy atom. The second kappa shape index (κ2) is 7.31. The highest BCUT2D eigenvalue weighted by atomic mass is 16.2. The van der Waals surface area contributed by atoms with Crippen molar-refractivity contribution in [1.29, 1.82) is 0 Å². The van der Waals surface area contributed by atoms with Crippen LogP contribution in [0.3, 0.4) is 0 Å². The van der Waals surface area contributed by atoms with E-state index in [0.29, 0.717) is 18.2 Å². The first kappa shape index (κ1) is 16.2. The Bertz CT molecular complexity index is 723. The Morgan fingerprint density at radius 3 is 2.56 bits per heavy atom. The maximum absolute atomic E-state index is 13.3. The van der Waals surface area contributed by atoms with E-state index in [2.05, 4.69) is 27.4 Å². The van der Waals surface area contributed by atoms with Gasteiger partial charge in [0.15, 0.2) is 0 Å². The summed E-state index contributed by atoms with van der Waals surface area (Å²) in [5.41, 5.74) is 1.69. The van der Waals surface area contributed by atoms with Crippen molar-refractivity contribution in [2.24, 2.45) is 0 Å². The Balaban J connectivity index is 1.59. The molecule has 2 aliphatic rings. The summed E-state index contributed by atoms with van der Waals surface area (Å²) in [4.78, 5) is 24.2. The number of amides is 1. The highest BCUT2D eigenvalue weighted by Crippen LogP contribution is 2.37. The summed E-state index contributed by atoms with van der Waals surface area (Å²) in [6.45, 7) is 2.55. The second-order valence-electron chi connectivity index (χ2n) is 6.97. The van der Waals surface area contributed by atoms with Crippen LogP contribution in [-0.4, -0.2) is 39.9 Å². The smallest absolute Gasteiger partial charge is 0.273 e. The quantitative estimate of drug-likeness (QED) is 0.912. The number of hydrogen-bond donors (Lipinski definition) is 1. The fraction of sp³-hybridized carbons (Fsp3) is 0.450. The molecule has 1 N–H and O–H groups in total. The van der Waals surface area contributed by atoms with Gasteiger partial charge in [0, 0.05) is 24.7 Å². The molecule has 0 radical (unpaired) electrons. The Kier molecular flexibility index (Phi) is 4.74. The van der Waals surface area contributed by atoms with E-state index in [0.717, 1.165) is 50.2 Å². The molecule has 130 valence electrons. The largest absolute Gasteiger partial charge is 0.330 e. The second-order valence-corrected chi connectivity index (χ2v) is 6.97. The number of nitrogens with one attached hydrogen (secondary N) is 1. The van der Waals surface area contributed by atoms with Crippen LogP contribution in [0.4, 0.5) is 0 Å². The molecule has 4 rings (SSSR count). The molecule has 2 aromatic rings.